The van der Waals surface area contributed by atoms with Crippen LogP contribution in [0.3, 0.4) is 0 Å². The summed E-state index contributed by atoms with van der Waals surface area (Å²) in [5.41, 5.74) is 6.09. The van der Waals surface area contributed by atoms with Crippen molar-refractivity contribution < 1.29 is 4.79 Å². The predicted octanol–water partition coefficient (Wildman–Crippen LogP) is 5.05. The average Bonchev–Trinajstić information content (AvgIpc) is 3.20. The van der Waals surface area contributed by atoms with Crippen LogP contribution in [0.4, 0.5) is 0 Å². The summed E-state index contributed by atoms with van der Waals surface area (Å²) in [5.74, 6) is 0.922. The molecule has 3 rings (SSSR count). The zero-order valence-electron chi connectivity index (χ0n) is 15.8. The molecule has 0 spiro atoms. The third kappa shape index (κ3) is 7.84. The predicted molar refractivity (Wildman–Crippen MR) is 123 cm³/mol. The number of hydrogen-bond acceptors (Lipinski definition) is 7. The highest BCUT2D eigenvalue weighted by Gasteiger charge is 2.08. The minimum Gasteiger partial charge on any atom is -0.272 e. The van der Waals surface area contributed by atoms with Crippen molar-refractivity contribution >= 4 is 53.1 Å². The molecule has 0 aliphatic carbocycles. The van der Waals surface area contributed by atoms with Gasteiger partial charge in [-0.3, -0.25) is 4.79 Å². The van der Waals surface area contributed by atoms with Crippen LogP contribution >= 0.6 is 34.9 Å². The second kappa shape index (κ2) is 11.5. The van der Waals surface area contributed by atoms with Crippen molar-refractivity contribution in [2.24, 2.45) is 5.10 Å². The molecule has 0 atom stereocenters. The van der Waals surface area contributed by atoms with E-state index in [0.29, 0.717) is 0 Å². The van der Waals surface area contributed by atoms with Crippen molar-refractivity contribution in [1.82, 2.24) is 15.6 Å². The van der Waals surface area contributed by atoms with E-state index < -0.39 is 0 Å². The quantitative estimate of drug-likeness (QED) is 0.287. The van der Waals surface area contributed by atoms with Crippen LogP contribution in [-0.4, -0.2) is 28.1 Å². The van der Waals surface area contributed by atoms with Gasteiger partial charge >= 0.3 is 0 Å². The Hall–Kier alpha value is -2.42. The summed E-state index contributed by atoms with van der Waals surface area (Å²) >= 11 is 4.51. The van der Waals surface area contributed by atoms with Gasteiger partial charge in [0.25, 0.3) is 5.91 Å². The summed E-state index contributed by atoms with van der Waals surface area (Å²) in [4.78, 5) is 11.9. The Morgan fingerprint density at radius 1 is 1.07 bits per heavy atom. The molecule has 29 heavy (non-hydrogen) atoms. The van der Waals surface area contributed by atoms with E-state index in [1.807, 2.05) is 36.4 Å². The van der Waals surface area contributed by atoms with Gasteiger partial charge in [-0.2, -0.15) is 5.10 Å². The second-order valence-corrected chi connectivity index (χ2v) is 9.40. The maximum absolute atomic E-state index is 11.9. The first-order chi connectivity index (χ1) is 14.2. The van der Waals surface area contributed by atoms with Gasteiger partial charge in [0.2, 0.25) is 0 Å². The van der Waals surface area contributed by atoms with E-state index in [9.17, 15) is 4.79 Å². The second-order valence-electron chi connectivity index (χ2n) is 5.98. The standard InChI is InChI=1S/C21H20N4OS3/c1-16-9-11-18(12-10-16)14-27-20-24-25-21(29-20)28-15-19(26)23-22-13-5-8-17-6-3-2-4-7-17/h2-13H,14-15H2,1H3,(H,23,26). The van der Waals surface area contributed by atoms with Crippen molar-refractivity contribution in [2.45, 2.75) is 21.4 Å². The van der Waals surface area contributed by atoms with Crippen LogP contribution in [0, 0.1) is 6.92 Å². The van der Waals surface area contributed by atoms with Gasteiger partial charge in [0, 0.05) is 12.0 Å². The van der Waals surface area contributed by atoms with E-state index in [4.69, 9.17) is 0 Å². The number of amides is 1. The fourth-order valence-electron chi connectivity index (χ4n) is 2.17. The zero-order chi connectivity index (χ0) is 20.3. The van der Waals surface area contributed by atoms with Crippen LogP contribution in [0.15, 0.2) is 74.5 Å². The number of nitrogens with one attached hydrogen (secondary N) is 1. The van der Waals surface area contributed by atoms with E-state index in [1.165, 1.54) is 34.2 Å². The lowest BCUT2D eigenvalue weighted by molar-refractivity contribution is -0.118. The molecule has 0 bridgehead atoms. The first kappa shape index (κ1) is 21.3. The van der Waals surface area contributed by atoms with Crippen LogP contribution < -0.4 is 5.43 Å². The molecule has 1 heterocycles. The smallest absolute Gasteiger partial charge is 0.250 e. The van der Waals surface area contributed by atoms with Gasteiger partial charge in [0.05, 0.1) is 5.75 Å². The average molecular weight is 441 g/mol. The molecule has 0 saturated heterocycles. The minimum absolute atomic E-state index is 0.177. The number of carbonyl (C=O) groups is 1. The van der Waals surface area contributed by atoms with E-state index in [-0.39, 0.29) is 11.7 Å². The molecular formula is C21H20N4OS3. The molecule has 1 N–H and O–H groups in total. The van der Waals surface area contributed by atoms with Gasteiger partial charge in [0.1, 0.15) is 0 Å². The molecule has 2 aromatic carbocycles. The van der Waals surface area contributed by atoms with Gasteiger partial charge in [-0.25, -0.2) is 5.43 Å². The summed E-state index contributed by atoms with van der Waals surface area (Å²) in [6.45, 7) is 2.08. The van der Waals surface area contributed by atoms with E-state index in [2.05, 4.69) is 51.9 Å². The van der Waals surface area contributed by atoms with Crippen LogP contribution in [0.2, 0.25) is 0 Å². The molecule has 0 aliphatic rings. The lowest BCUT2D eigenvalue weighted by atomic mass is 10.2. The molecule has 1 aromatic heterocycles. The topological polar surface area (TPSA) is 67.2 Å². The Bertz CT molecular complexity index is 969. The van der Waals surface area contributed by atoms with Crippen molar-refractivity contribution in [3.8, 4) is 0 Å². The number of carbonyl (C=O) groups excluding carboxylic acids is 1. The Kier molecular flexibility index (Phi) is 8.48. The summed E-state index contributed by atoms with van der Waals surface area (Å²) in [7, 11) is 0. The fourth-order valence-corrected chi connectivity index (χ4v) is 4.94. The number of aromatic nitrogens is 2. The summed E-state index contributed by atoms with van der Waals surface area (Å²) in [6, 6.07) is 18.4. The third-order valence-corrected chi connectivity index (χ3v) is 6.90. The van der Waals surface area contributed by atoms with Gasteiger partial charge in [-0.1, -0.05) is 101 Å². The first-order valence-electron chi connectivity index (χ1n) is 8.87. The third-order valence-electron chi connectivity index (χ3n) is 3.64. The summed E-state index contributed by atoms with van der Waals surface area (Å²) in [6.07, 6.45) is 5.26. The maximum atomic E-state index is 11.9. The number of nitrogens with zero attached hydrogens (tertiary/aromatic N) is 3. The lowest BCUT2D eigenvalue weighted by Crippen LogP contribution is -2.19. The Morgan fingerprint density at radius 3 is 2.55 bits per heavy atom. The van der Waals surface area contributed by atoms with Crippen molar-refractivity contribution in [3.05, 3.63) is 77.4 Å². The van der Waals surface area contributed by atoms with E-state index in [0.717, 1.165) is 20.0 Å². The van der Waals surface area contributed by atoms with Crippen LogP contribution in [0.1, 0.15) is 16.7 Å². The number of thioether (sulfide) groups is 2. The number of benzene rings is 2. The molecule has 0 saturated carbocycles. The van der Waals surface area contributed by atoms with E-state index in [1.54, 1.807) is 24.1 Å². The van der Waals surface area contributed by atoms with Crippen molar-refractivity contribution in [3.63, 3.8) is 0 Å². The fraction of sp³-hybridized carbons (Fsp3) is 0.143. The van der Waals surface area contributed by atoms with Crippen molar-refractivity contribution in [1.29, 1.82) is 0 Å². The lowest BCUT2D eigenvalue weighted by Gasteiger charge is -1.99. The highest BCUT2D eigenvalue weighted by atomic mass is 32.2. The van der Waals surface area contributed by atoms with E-state index >= 15 is 0 Å². The van der Waals surface area contributed by atoms with Gasteiger partial charge in [-0.15, -0.1) is 10.2 Å². The first-order valence-corrected chi connectivity index (χ1v) is 11.7. The number of aryl methyl sites for hydroxylation is 1. The molecule has 148 valence electrons. The van der Waals surface area contributed by atoms with Crippen LogP contribution in [-0.2, 0) is 10.5 Å². The van der Waals surface area contributed by atoms with Gasteiger partial charge in [-0.05, 0) is 24.1 Å². The monoisotopic (exact) mass is 440 g/mol. The molecular weight excluding hydrogens is 420 g/mol. The highest BCUT2D eigenvalue weighted by Crippen LogP contribution is 2.30. The Balaban J connectivity index is 1.36. The van der Waals surface area contributed by atoms with Crippen LogP contribution in [0.25, 0.3) is 6.08 Å². The zero-order valence-corrected chi connectivity index (χ0v) is 18.3. The Morgan fingerprint density at radius 2 is 1.79 bits per heavy atom. The number of rotatable bonds is 9. The minimum atomic E-state index is -0.177. The molecule has 3 aromatic rings. The molecule has 0 unspecified atom stereocenters. The maximum Gasteiger partial charge on any atom is 0.250 e. The normalized spacial score (nSPS) is 11.3. The van der Waals surface area contributed by atoms with Crippen LogP contribution in [0.5, 0.6) is 0 Å². The molecule has 0 fully saturated rings. The largest absolute Gasteiger partial charge is 0.272 e. The summed E-state index contributed by atoms with van der Waals surface area (Å²) < 4.78 is 1.68. The van der Waals surface area contributed by atoms with Gasteiger partial charge in [0.15, 0.2) is 8.68 Å². The highest BCUT2D eigenvalue weighted by molar-refractivity contribution is 8.03. The number of hydrazone groups is 1. The molecule has 0 aliphatic heterocycles. The van der Waals surface area contributed by atoms with Crippen molar-refractivity contribution in [2.75, 3.05) is 5.75 Å². The molecule has 1 amide bonds. The summed E-state index contributed by atoms with van der Waals surface area (Å²) in [5, 5.41) is 12.2. The molecule has 5 nitrogen and oxygen atoms in total. The SMILES string of the molecule is Cc1ccc(CSc2nnc(SCC(=O)NN=CC=Cc3ccccc3)s2)cc1. The van der Waals surface area contributed by atoms with Gasteiger partial charge < -0.3 is 0 Å². The number of hydrogen-bond donors (Lipinski definition) is 1. The molecule has 8 heteroatoms. The Labute approximate surface area is 182 Å². The number of allylic oxidation sites excluding steroid dienone is 1. The molecule has 0 radical (unpaired) electrons.